The minimum atomic E-state index is 0.767. The van der Waals surface area contributed by atoms with Crippen molar-refractivity contribution in [1.82, 2.24) is 20.3 Å². The minimum absolute atomic E-state index is 0.767. The molecular formula is C12H14N4S. The Balaban J connectivity index is 1.82. The van der Waals surface area contributed by atoms with E-state index in [-0.39, 0.29) is 0 Å². The third-order valence-corrected chi connectivity index (χ3v) is 2.82. The van der Waals surface area contributed by atoms with Crippen LogP contribution >= 0.6 is 11.8 Å². The molecular weight excluding hydrogens is 232 g/mol. The molecule has 2 rings (SSSR count). The SMILES string of the molecule is CSc1ncc(CNCc2cccnc2)cn1. The van der Waals surface area contributed by atoms with Gasteiger partial charge >= 0.3 is 0 Å². The first kappa shape index (κ1) is 12.0. The lowest BCUT2D eigenvalue weighted by Gasteiger charge is -2.04. The van der Waals surface area contributed by atoms with E-state index < -0.39 is 0 Å². The topological polar surface area (TPSA) is 50.7 Å². The van der Waals surface area contributed by atoms with Crippen LogP contribution in [0.5, 0.6) is 0 Å². The Morgan fingerprint density at radius 3 is 2.53 bits per heavy atom. The molecule has 1 N–H and O–H groups in total. The highest BCUT2D eigenvalue weighted by Gasteiger charge is 1.96. The van der Waals surface area contributed by atoms with Crippen LogP contribution in [-0.2, 0) is 13.1 Å². The van der Waals surface area contributed by atoms with Gasteiger partial charge < -0.3 is 5.32 Å². The molecule has 2 heterocycles. The predicted octanol–water partition coefficient (Wildman–Crippen LogP) is 1.88. The molecule has 0 unspecified atom stereocenters. The number of thioether (sulfide) groups is 1. The molecule has 17 heavy (non-hydrogen) atoms. The molecule has 0 atom stereocenters. The molecule has 0 saturated heterocycles. The molecule has 2 aromatic rings. The minimum Gasteiger partial charge on any atom is -0.308 e. The van der Waals surface area contributed by atoms with Crippen molar-refractivity contribution in [3.05, 3.63) is 48.0 Å². The molecule has 0 fully saturated rings. The molecule has 0 aromatic carbocycles. The molecule has 4 nitrogen and oxygen atoms in total. The van der Waals surface area contributed by atoms with E-state index in [1.165, 1.54) is 5.56 Å². The van der Waals surface area contributed by atoms with Crippen LogP contribution in [0.1, 0.15) is 11.1 Å². The zero-order chi connectivity index (χ0) is 11.9. The number of pyridine rings is 1. The van der Waals surface area contributed by atoms with Crippen LogP contribution in [0.4, 0.5) is 0 Å². The van der Waals surface area contributed by atoms with Gasteiger partial charge in [-0.05, 0) is 17.9 Å². The monoisotopic (exact) mass is 246 g/mol. The molecule has 0 aliphatic rings. The first-order valence-corrected chi connectivity index (χ1v) is 6.55. The van der Waals surface area contributed by atoms with Crippen molar-refractivity contribution in [2.75, 3.05) is 6.26 Å². The van der Waals surface area contributed by atoms with Crippen LogP contribution in [0.3, 0.4) is 0 Å². The van der Waals surface area contributed by atoms with Gasteiger partial charge in [-0.1, -0.05) is 17.8 Å². The Hall–Kier alpha value is -1.46. The second-order valence-electron chi connectivity index (χ2n) is 3.54. The van der Waals surface area contributed by atoms with Gasteiger partial charge in [0.05, 0.1) is 0 Å². The van der Waals surface area contributed by atoms with E-state index in [0.29, 0.717) is 0 Å². The van der Waals surface area contributed by atoms with Crippen molar-refractivity contribution in [1.29, 1.82) is 0 Å². The van der Waals surface area contributed by atoms with E-state index in [1.807, 2.05) is 37.0 Å². The van der Waals surface area contributed by atoms with E-state index in [1.54, 1.807) is 18.0 Å². The molecule has 0 radical (unpaired) electrons. The second kappa shape index (κ2) is 6.32. The fourth-order valence-corrected chi connectivity index (χ4v) is 1.71. The third-order valence-electron chi connectivity index (χ3n) is 2.25. The molecule has 0 aliphatic carbocycles. The highest BCUT2D eigenvalue weighted by Crippen LogP contribution is 2.06. The van der Waals surface area contributed by atoms with Gasteiger partial charge in [-0.3, -0.25) is 4.98 Å². The molecule has 0 bridgehead atoms. The Bertz CT molecular complexity index is 444. The van der Waals surface area contributed by atoms with Gasteiger partial charge in [-0.15, -0.1) is 0 Å². The Morgan fingerprint density at radius 1 is 1.12 bits per heavy atom. The molecule has 5 heteroatoms. The van der Waals surface area contributed by atoms with Crippen molar-refractivity contribution < 1.29 is 0 Å². The first-order chi connectivity index (χ1) is 8.38. The Labute approximate surface area is 105 Å². The lowest BCUT2D eigenvalue weighted by molar-refractivity contribution is 0.683. The number of rotatable bonds is 5. The summed E-state index contributed by atoms with van der Waals surface area (Å²) in [5.74, 6) is 0. The van der Waals surface area contributed by atoms with Crippen molar-refractivity contribution >= 4 is 11.8 Å². The van der Waals surface area contributed by atoms with Crippen molar-refractivity contribution in [2.24, 2.45) is 0 Å². The van der Waals surface area contributed by atoms with Crippen LogP contribution in [0.25, 0.3) is 0 Å². The summed E-state index contributed by atoms with van der Waals surface area (Å²) in [5.41, 5.74) is 2.26. The molecule has 2 aromatic heterocycles. The quantitative estimate of drug-likeness (QED) is 0.645. The molecule has 0 spiro atoms. The number of nitrogens with zero attached hydrogens (tertiary/aromatic N) is 3. The fourth-order valence-electron chi connectivity index (χ4n) is 1.39. The summed E-state index contributed by atoms with van der Waals surface area (Å²) in [6.07, 6.45) is 9.32. The number of aromatic nitrogens is 3. The number of hydrogen-bond donors (Lipinski definition) is 1. The van der Waals surface area contributed by atoms with Gasteiger partial charge in [0.2, 0.25) is 0 Å². The molecule has 88 valence electrons. The smallest absolute Gasteiger partial charge is 0.187 e. The van der Waals surface area contributed by atoms with Crippen LogP contribution < -0.4 is 5.32 Å². The standard InChI is InChI=1S/C12H14N4S/c1-17-12-15-8-11(9-16-12)7-14-6-10-3-2-4-13-5-10/h2-5,8-9,14H,6-7H2,1H3. The Morgan fingerprint density at radius 2 is 1.88 bits per heavy atom. The lowest BCUT2D eigenvalue weighted by atomic mass is 10.3. The normalized spacial score (nSPS) is 10.4. The maximum absolute atomic E-state index is 4.22. The third kappa shape index (κ3) is 3.80. The van der Waals surface area contributed by atoms with E-state index in [9.17, 15) is 0 Å². The fraction of sp³-hybridized carbons (Fsp3) is 0.250. The van der Waals surface area contributed by atoms with Crippen LogP contribution in [0, 0.1) is 0 Å². The van der Waals surface area contributed by atoms with Gasteiger partial charge in [0.15, 0.2) is 5.16 Å². The summed E-state index contributed by atoms with van der Waals surface area (Å²) in [7, 11) is 0. The van der Waals surface area contributed by atoms with Crippen LogP contribution in [0.15, 0.2) is 42.1 Å². The largest absolute Gasteiger partial charge is 0.308 e. The zero-order valence-corrected chi connectivity index (χ0v) is 10.4. The maximum atomic E-state index is 4.22. The average Bonchev–Trinajstić information content (AvgIpc) is 2.41. The average molecular weight is 246 g/mol. The van der Waals surface area contributed by atoms with Crippen LogP contribution in [-0.4, -0.2) is 21.2 Å². The zero-order valence-electron chi connectivity index (χ0n) is 9.63. The van der Waals surface area contributed by atoms with Gasteiger partial charge in [-0.2, -0.15) is 0 Å². The molecule has 0 amide bonds. The summed E-state index contributed by atoms with van der Waals surface area (Å²) in [5, 5.41) is 4.14. The summed E-state index contributed by atoms with van der Waals surface area (Å²) in [4.78, 5) is 12.5. The first-order valence-electron chi connectivity index (χ1n) is 5.33. The predicted molar refractivity (Wildman–Crippen MR) is 68.6 cm³/mol. The Kier molecular flexibility index (Phi) is 4.46. The van der Waals surface area contributed by atoms with Gasteiger partial charge in [0.1, 0.15) is 0 Å². The van der Waals surface area contributed by atoms with Gasteiger partial charge in [0.25, 0.3) is 0 Å². The van der Waals surface area contributed by atoms with Crippen molar-refractivity contribution in [3.8, 4) is 0 Å². The van der Waals surface area contributed by atoms with E-state index >= 15 is 0 Å². The second-order valence-corrected chi connectivity index (χ2v) is 4.32. The number of hydrogen-bond acceptors (Lipinski definition) is 5. The van der Waals surface area contributed by atoms with E-state index in [0.717, 1.165) is 23.8 Å². The molecule has 0 aliphatic heterocycles. The maximum Gasteiger partial charge on any atom is 0.187 e. The van der Waals surface area contributed by atoms with E-state index in [2.05, 4.69) is 20.3 Å². The number of nitrogens with one attached hydrogen (secondary N) is 1. The molecule has 0 saturated carbocycles. The highest BCUT2D eigenvalue weighted by molar-refractivity contribution is 7.98. The van der Waals surface area contributed by atoms with Gasteiger partial charge in [0, 0.05) is 43.4 Å². The van der Waals surface area contributed by atoms with Gasteiger partial charge in [-0.25, -0.2) is 9.97 Å². The van der Waals surface area contributed by atoms with Crippen LogP contribution in [0.2, 0.25) is 0 Å². The lowest BCUT2D eigenvalue weighted by Crippen LogP contribution is -2.13. The van der Waals surface area contributed by atoms with E-state index in [4.69, 9.17) is 0 Å². The highest BCUT2D eigenvalue weighted by atomic mass is 32.2. The summed E-state index contributed by atoms with van der Waals surface area (Å²) in [6.45, 7) is 1.57. The summed E-state index contributed by atoms with van der Waals surface area (Å²) >= 11 is 1.55. The summed E-state index contributed by atoms with van der Waals surface area (Å²) in [6, 6.07) is 3.99. The summed E-state index contributed by atoms with van der Waals surface area (Å²) < 4.78 is 0. The van der Waals surface area contributed by atoms with Crippen molar-refractivity contribution in [3.63, 3.8) is 0 Å². The van der Waals surface area contributed by atoms with Crippen molar-refractivity contribution in [2.45, 2.75) is 18.2 Å².